The summed E-state index contributed by atoms with van der Waals surface area (Å²) in [6.07, 6.45) is 1.38. The zero-order chi connectivity index (χ0) is 18.1. The standard InChI is InChI=1S/C21H20ClNO2S/c22-16-5-3-4-15(12-16)20(23-10-8-14(9-11-23)21(24)25)18-13-26-19-7-2-1-6-17(18)19/h1-7,12-14,20H,8-11H2,(H,24,25). The molecule has 0 spiro atoms. The number of aliphatic carboxylic acids is 1. The van der Waals surface area contributed by atoms with Gasteiger partial charge in [0, 0.05) is 9.72 Å². The van der Waals surface area contributed by atoms with Crippen molar-refractivity contribution in [3.63, 3.8) is 0 Å². The van der Waals surface area contributed by atoms with E-state index in [4.69, 9.17) is 11.6 Å². The normalized spacial score (nSPS) is 17.4. The molecule has 0 aliphatic carbocycles. The van der Waals surface area contributed by atoms with Crippen molar-refractivity contribution in [3.8, 4) is 0 Å². The second-order valence-corrected chi connectivity index (χ2v) is 8.14. The third-order valence-corrected chi connectivity index (χ3v) is 6.43. The third-order valence-electron chi connectivity index (χ3n) is 5.21. The monoisotopic (exact) mass is 385 g/mol. The number of piperidine rings is 1. The number of benzene rings is 2. The van der Waals surface area contributed by atoms with E-state index in [2.05, 4.69) is 40.6 Å². The van der Waals surface area contributed by atoms with E-state index in [0.29, 0.717) is 12.8 Å². The second-order valence-electron chi connectivity index (χ2n) is 6.79. The maximum Gasteiger partial charge on any atom is 0.306 e. The maximum absolute atomic E-state index is 11.3. The summed E-state index contributed by atoms with van der Waals surface area (Å²) in [5.41, 5.74) is 2.44. The van der Waals surface area contributed by atoms with E-state index in [1.807, 2.05) is 18.2 Å². The Bertz CT molecular complexity index is 930. The summed E-state index contributed by atoms with van der Waals surface area (Å²) < 4.78 is 1.27. The number of hydrogen-bond donors (Lipinski definition) is 1. The van der Waals surface area contributed by atoms with Gasteiger partial charge >= 0.3 is 5.97 Å². The van der Waals surface area contributed by atoms with Gasteiger partial charge in [-0.3, -0.25) is 9.69 Å². The predicted octanol–water partition coefficient (Wildman–Crippen LogP) is 5.44. The summed E-state index contributed by atoms with van der Waals surface area (Å²) in [6, 6.07) is 16.6. The molecule has 26 heavy (non-hydrogen) atoms. The third kappa shape index (κ3) is 3.37. The molecule has 0 bridgehead atoms. The maximum atomic E-state index is 11.3. The number of halogens is 1. The highest BCUT2D eigenvalue weighted by Gasteiger charge is 2.31. The number of carboxylic acid groups (broad SMARTS) is 1. The van der Waals surface area contributed by atoms with E-state index >= 15 is 0 Å². The van der Waals surface area contributed by atoms with E-state index < -0.39 is 5.97 Å². The van der Waals surface area contributed by atoms with E-state index in [9.17, 15) is 9.90 Å². The molecule has 1 aliphatic heterocycles. The number of thiophene rings is 1. The van der Waals surface area contributed by atoms with Crippen molar-refractivity contribution in [1.29, 1.82) is 0 Å². The molecule has 1 atom stereocenters. The Kier molecular flexibility index (Phi) is 4.98. The Balaban J connectivity index is 1.74. The van der Waals surface area contributed by atoms with Crippen molar-refractivity contribution in [1.82, 2.24) is 4.90 Å². The van der Waals surface area contributed by atoms with Crippen LogP contribution in [-0.2, 0) is 4.79 Å². The van der Waals surface area contributed by atoms with Crippen molar-refractivity contribution >= 4 is 39.0 Å². The molecule has 1 fully saturated rings. The number of nitrogens with zero attached hydrogens (tertiary/aromatic N) is 1. The van der Waals surface area contributed by atoms with Crippen LogP contribution in [0.1, 0.15) is 30.0 Å². The Hall–Kier alpha value is -1.88. The first-order chi connectivity index (χ1) is 12.6. The van der Waals surface area contributed by atoms with Crippen LogP contribution in [0.25, 0.3) is 10.1 Å². The van der Waals surface area contributed by atoms with Crippen molar-refractivity contribution in [3.05, 3.63) is 70.1 Å². The number of carbonyl (C=O) groups is 1. The predicted molar refractivity (Wildman–Crippen MR) is 107 cm³/mol. The van der Waals surface area contributed by atoms with Gasteiger partial charge in [0.25, 0.3) is 0 Å². The number of likely N-dealkylation sites (tertiary alicyclic amines) is 1. The van der Waals surface area contributed by atoms with Crippen molar-refractivity contribution in [2.24, 2.45) is 5.92 Å². The van der Waals surface area contributed by atoms with Crippen LogP contribution >= 0.6 is 22.9 Å². The first-order valence-electron chi connectivity index (χ1n) is 8.82. The molecular formula is C21H20ClNO2S. The van der Waals surface area contributed by atoms with Gasteiger partial charge in [-0.2, -0.15) is 0 Å². The van der Waals surface area contributed by atoms with Gasteiger partial charge in [-0.05, 0) is 66.0 Å². The summed E-state index contributed by atoms with van der Waals surface area (Å²) in [5.74, 6) is -0.907. The van der Waals surface area contributed by atoms with Crippen LogP contribution in [0.3, 0.4) is 0 Å². The van der Waals surface area contributed by atoms with E-state index in [1.165, 1.54) is 15.6 Å². The molecule has 0 amide bonds. The smallest absolute Gasteiger partial charge is 0.306 e. The van der Waals surface area contributed by atoms with Crippen molar-refractivity contribution < 1.29 is 9.90 Å². The highest BCUT2D eigenvalue weighted by atomic mass is 35.5. The van der Waals surface area contributed by atoms with Crippen LogP contribution in [0.2, 0.25) is 5.02 Å². The Labute approximate surface area is 161 Å². The van der Waals surface area contributed by atoms with E-state index in [1.54, 1.807) is 11.3 Å². The SMILES string of the molecule is O=C(O)C1CCN(C(c2cccc(Cl)c2)c2csc3ccccc23)CC1. The van der Waals surface area contributed by atoms with Gasteiger partial charge in [0.1, 0.15) is 0 Å². The van der Waals surface area contributed by atoms with Gasteiger partial charge < -0.3 is 5.11 Å². The van der Waals surface area contributed by atoms with Crippen LogP contribution in [-0.4, -0.2) is 29.1 Å². The molecule has 3 aromatic rings. The Morgan fingerprint density at radius 1 is 1.15 bits per heavy atom. The van der Waals surface area contributed by atoms with Gasteiger partial charge in [0.15, 0.2) is 0 Å². The van der Waals surface area contributed by atoms with E-state index in [-0.39, 0.29) is 12.0 Å². The summed E-state index contributed by atoms with van der Waals surface area (Å²) in [4.78, 5) is 13.7. The molecule has 0 radical (unpaired) electrons. The second kappa shape index (κ2) is 7.39. The Morgan fingerprint density at radius 3 is 2.65 bits per heavy atom. The highest BCUT2D eigenvalue weighted by molar-refractivity contribution is 7.17. The van der Waals surface area contributed by atoms with Crippen LogP contribution < -0.4 is 0 Å². The fraction of sp³-hybridized carbons (Fsp3) is 0.286. The molecule has 1 unspecified atom stereocenters. The number of fused-ring (bicyclic) bond motifs is 1. The first-order valence-corrected chi connectivity index (χ1v) is 10.1. The van der Waals surface area contributed by atoms with Crippen LogP contribution in [0.4, 0.5) is 0 Å². The lowest BCUT2D eigenvalue weighted by Gasteiger charge is -2.37. The minimum absolute atomic E-state index is 0.0968. The van der Waals surface area contributed by atoms with Crippen molar-refractivity contribution in [2.45, 2.75) is 18.9 Å². The molecule has 2 heterocycles. The van der Waals surface area contributed by atoms with Crippen LogP contribution in [0, 0.1) is 5.92 Å². The van der Waals surface area contributed by atoms with Gasteiger partial charge in [-0.15, -0.1) is 11.3 Å². The van der Waals surface area contributed by atoms with Gasteiger partial charge in [-0.25, -0.2) is 0 Å². The summed E-state index contributed by atoms with van der Waals surface area (Å²) in [7, 11) is 0. The van der Waals surface area contributed by atoms with Gasteiger partial charge in [0.05, 0.1) is 12.0 Å². The first kappa shape index (κ1) is 17.5. The molecule has 1 aromatic heterocycles. The lowest BCUT2D eigenvalue weighted by Crippen LogP contribution is -2.39. The average Bonchev–Trinajstić information content (AvgIpc) is 3.07. The minimum atomic E-state index is -0.676. The summed E-state index contributed by atoms with van der Waals surface area (Å²) in [5, 5.41) is 13.5. The lowest BCUT2D eigenvalue weighted by molar-refractivity contribution is -0.143. The highest BCUT2D eigenvalue weighted by Crippen LogP contribution is 2.39. The van der Waals surface area contributed by atoms with Crippen LogP contribution in [0.5, 0.6) is 0 Å². The molecule has 3 nitrogen and oxygen atoms in total. The zero-order valence-electron chi connectivity index (χ0n) is 14.3. The Morgan fingerprint density at radius 2 is 1.92 bits per heavy atom. The summed E-state index contributed by atoms with van der Waals surface area (Å²) in [6.45, 7) is 1.55. The zero-order valence-corrected chi connectivity index (χ0v) is 15.8. The minimum Gasteiger partial charge on any atom is -0.481 e. The molecule has 2 aromatic carbocycles. The average molecular weight is 386 g/mol. The summed E-state index contributed by atoms with van der Waals surface area (Å²) >= 11 is 8.04. The number of rotatable bonds is 4. The molecular weight excluding hydrogens is 366 g/mol. The number of carboxylic acids is 1. The van der Waals surface area contributed by atoms with Gasteiger partial charge in [-0.1, -0.05) is 41.9 Å². The fourth-order valence-electron chi connectivity index (χ4n) is 3.88. The van der Waals surface area contributed by atoms with E-state index in [0.717, 1.165) is 23.7 Å². The topological polar surface area (TPSA) is 40.5 Å². The molecule has 0 saturated carbocycles. The quantitative estimate of drug-likeness (QED) is 0.650. The van der Waals surface area contributed by atoms with Crippen LogP contribution in [0.15, 0.2) is 53.9 Å². The molecule has 1 aliphatic rings. The molecule has 1 saturated heterocycles. The number of hydrogen-bond acceptors (Lipinski definition) is 3. The molecule has 4 rings (SSSR count). The molecule has 1 N–H and O–H groups in total. The van der Waals surface area contributed by atoms with Crippen molar-refractivity contribution in [2.75, 3.05) is 13.1 Å². The lowest BCUT2D eigenvalue weighted by atomic mass is 9.91. The largest absolute Gasteiger partial charge is 0.481 e. The van der Waals surface area contributed by atoms with Gasteiger partial charge in [0.2, 0.25) is 0 Å². The molecule has 5 heteroatoms. The molecule has 134 valence electrons. The fourth-order valence-corrected chi connectivity index (χ4v) is 5.06.